The Balaban J connectivity index is 2.15. The smallest absolute Gasteiger partial charge is 0.153 e. The summed E-state index contributed by atoms with van der Waals surface area (Å²) in [5, 5.41) is 9.68. The Hall–Kier alpha value is -1.84. The molecule has 0 saturated heterocycles. The molecule has 2 aromatic rings. The zero-order chi connectivity index (χ0) is 8.23. The highest BCUT2D eigenvalue weighted by molar-refractivity contribution is 5.49. The number of H-pyrrole nitrogens is 1. The van der Waals surface area contributed by atoms with E-state index in [1.54, 1.807) is 12.4 Å². The molecule has 0 atom stereocenters. The Labute approximate surface area is 69.7 Å². The molecule has 0 bridgehead atoms. The molecule has 0 aliphatic heterocycles. The zero-order valence-electron chi connectivity index (χ0n) is 6.36. The first-order valence-corrected chi connectivity index (χ1v) is 3.63. The molecule has 0 aliphatic rings. The molecule has 0 fully saturated rings. The third-order valence-corrected chi connectivity index (χ3v) is 1.42. The molecule has 0 spiro atoms. The summed E-state index contributed by atoms with van der Waals surface area (Å²) in [6.45, 7) is 0. The van der Waals surface area contributed by atoms with Crippen molar-refractivity contribution in [1.82, 2.24) is 15.2 Å². The maximum atomic E-state index is 4.09. The van der Waals surface area contributed by atoms with Crippen molar-refractivity contribution in [3.63, 3.8) is 0 Å². The Morgan fingerprint density at radius 2 is 2.17 bits per heavy atom. The summed E-state index contributed by atoms with van der Waals surface area (Å²) in [7, 11) is 0. The SMILES string of the molecule is c1ccc(Nc2cc[nH]n2)nc1. The summed E-state index contributed by atoms with van der Waals surface area (Å²) in [4.78, 5) is 4.09. The van der Waals surface area contributed by atoms with Gasteiger partial charge in [-0.05, 0) is 12.1 Å². The van der Waals surface area contributed by atoms with Gasteiger partial charge in [0.1, 0.15) is 5.82 Å². The van der Waals surface area contributed by atoms with Gasteiger partial charge in [0.25, 0.3) is 0 Å². The molecule has 60 valence electrons. The second-order valence-corrected chi connectivity index (χ2v) is 2.30. The van der Waals surface area contributed by atoms with E-state index in [-0.39, 0.29) is 0 Å². The molecule has 0 aromatic carbocycles. The number of aromatic amines is 1. The Morgan fingerprint density at radius 1 is 1.17 bits per heavy atom. The van der Waals surface area contributed by atoms with E-state index in [4.69, 9.17) is 0 Å². The summed E-state index contributed by atoms with van der Waals surface area (Å²) in [5.41, 5.74) is 0. The lowest BCUT2D eigenvalue weighted by molar-refractivity contribution is 1.09. The molecule has 2 heterocycles. The lowest BCUT2D eigenvalue weighted by Crippen LogP contribution is -1.92. The van der Waals surface area contributed by atoms with Gasteiger partial charge in [-0.3, -0.25) is 5.10 Å². The molecule has 4 nitrogen and oxygen atoms in total. The minimum Gasteiger partial charge on any atom is -0.323 e. The van der Waals surface area contributed by atoms with Crippen LogP contribution >= 0.6 is 0 Å². The lowest BCUT2D eigenvalue weighted by atomic mass is 10.4. The van der Waals surface area contributed by atoms with Gasteiger partial charge in [-0.25, -0.2) is 4.98 Å². The first-order chi connectivity index (χ1) is 5.95. The highest BCUT2D eigenvalue weighted by atomic mass is 15.2. The molecule has 12 heavy (non-hydrogen) atoms. The standard InChI is InChI=1S/C8H8N4/c1-2-5-9-7(3-1)11-8-4-6-10-12-8/h1-6H,(H2,9,10,11,12). The van der Waals surface area contributed by atoms with E-state index in [0.29, 0.717) is 0 Å². The highest BCUT2D eigenvalue weighted by Gasteiger charge is 1.93. The van der Waals surface area contributed by atoms with Crippen LogP contribution in [-0.4, -0.2) is 15.2 Å². The zero-order valence-corrected chi connectivity index (χ0v) is 6.36. The van der Waals surface area contributed by atoms with Crippen molar-refractivity contribution in [2.24, 2.45) is 0 Å². The largest absolute Gasteiger partial charge is 0.323 e. The molecule has 4 heteroatoms. The van der Waals surface area contributed by atoms with Crippen LogP contribution in [0.1, 0.15) is 0 Å². The van der Waals surface area contributed by atoms with Crippen molar-refractivity contribution in [1.29, 1.82) is 0 Å². The van der Waals surface area contributed by atoms with E-state index in [1.807, 2.05) is 24.3 Å². The number of pyridine rings is 1. The van der Waals surface area contributed by atoms with Gasteiger partial charge in [0.2, 0.25) is 0 Å². The number of aromatic nitrogens is 3. The van der Waals surface area contributed by atoms with Crippen molar-refractivity contribution >= 4 is 11.6 Å². The van der Waals surface area contributed by atoms with E-state index in [0.717, 1.165) is 11.6 Å². The van der Waals surface area contributed by atoms with Crippen LogP contribution in [0, 0.1) is 0 Å². The topological polar surface area (TPSA) is 53.6 Å². The summed E-state index contributed by atoms with van der Waals surface area (Å²) in [5.74, 6) is 1.57. The van der Waals surface area contributed by atoms with Crippen LogP contribution < -0.4 is 5.32 Å². The third kappa shape index (κ3) is 1.42. The monoisotopic (exact) mass is 160 g/mol. The summed E-state index contributed by atoms with van der Waals surface area (Å²) in [6, 6.07) is 7.51. The number of hydrogen-bond donors (Lipinski definition) is 2. The van der Waals surface area contributed by atoms with Crippen molar-refractivity contribution in [2.45, 2.75) is 0 Å². The molecule has 0 radical (unpaired) electrons. The quantitative estimate of drug-likeness (QED) is 0.700. The van der Waals surface area contributed by atoms with Gasteiger partial charge in [-0.2, -0.15) is 5.10 Å². The van der Waals surface area contributed by atoms with Crippen molar-refractivity contribution in [3.05, 3.63) is 36.7 Å². The minimum absolute atomic E-state index is 0.772. The second-order valence-electron chi connectivity index (χ2n) is 2.30. The number of nitrogens with zero attached hydrogens (tertiary/aromatic N) is 2. The van der Waals surface area contributed by atoms with E-state index < -0.39 is 0 Å². The molecule has 0 amide bonds. The van der Waals surface area contributed by atoms with Crippen LogP contribution in [-0.2, 0) is 0 Å². The third-order valence-electron chi connectivity index (χ3n) is 1.42. The second kappa shape index (κ2) is 3.04. The fraction of sp³-hybridized carbons (Fsp3) is 0. The van der Waals surface area contributed by atoms with E-state index >= 15 is 0 Å². The average molecular weight is 160 g/mol. The van der Waals surface area contributed by atoms with Crippen LogP contribution in [0.3, 0.4) is 0 Å². The van der Waals surface area contributed by atoms with E-state index in [2.05, 4.69) is 20.5 Å². The van der Waals surface area contributed by atoms with Crippen LogP contribution in [0.2, 0.25) is 0 Å². The summed E-state index contributed by atoms with van der Waals surface area (Å²) < 4.78 is 0. The normalized spacial score (nSPS) is 9.67. The van der Waals surface area contributed by atoms with Gasteiger partial charge in [0.15, 0.2) is 5.82 Å². The predicted octanol–water partition coefficient (Wildman–Crippen LogP) is 1.55. The first-order valence-electron chi connectivity index (χ1n) is 3.63. The van der Waals surface area contributed by atoms with Crippen LogP contribution in [0.5, 0.6) is 0 Å². The Morgan fingerprint density at radius 3 is 2.83 bits per heavy atom. The predicted molar refractivity (Wildman–Crippen MR) is 46.1 cm³/mol. The molecule has 2 N–H and O–H groups in total. The Kier molecular flexibility index (Phi) is 1.74. The minimum atomic E-state index is 0.772. The van der Waals surface area contributed by atoms with Crippen molar-refractivity contribution in [2.75, 3.05) is 5.32 Å². The molecule has 0 aliphatic carbocycles. The molecular formula is C8H8N4. The van der Waals surface area contributed by atoms with Crippen LogP contribution in [0.15, 0.2) is 36.7 Å². The molecule has 0 saturated carbocycles. The first kappa shape index (κ1) is 6.84. The van der Waals surface area contributed by atoms with Crippen LogP contribution in [0.25, 0.3) is 0 Å². The van der Waals surface area contributed by atoms with Crippen molar-refractivity contribution in [3.8, 4) is 0 Å². The summed E-state index contributed by atoms with van der Waals surface area (Å²) in [6.07, 6.45) is 3.49. The number of anilines is 2. The van der Waals surface area contributed by atoms with Gasteiger partial charge in [0, 0.05) is 18.5 Å². The van der Waals surface area contributed by atoms with E-state index in [9.17, 15) is 0 Å². The van der Waals surface area contributed by atoms with Gasteiger partial charge in [-0.1, -0.05) is 6.07 Å². The maximum absolute atomic E-state index is 4.09. The fourth-order valence-corrected chi connectivity index (χ4v) is 0.898. The average Bonchev–Trinajstić information content (AvgIpc) is 2.59. The number of hydrogen-bond acceptors (Lipinski definition) is 3. The van der Waals surface area contributed by atoms with Crippen LogP contribution in [0.4, 0.5) is 11.6 Å². The molecular weight excluding hydrogens is 152 g/mol. The molecule has 2 rings (SSSR count). The Bertz CT molecular complexity index is 327. The lowest BCUT2D eigenvalue weighted by Gasteiger charge is -1.98. The number of rotatable bonds is 2. The maximum Gasteiger partial charge on any atom is 0.153 e. The number of nitrogens with one attached hydrogen (secondary N) is 2. The molecule has 2 aromatic heterocycles. The van der Waals surface area contributed by atoms with Gasteiger partial charge in [0.05, 0.1) is 0 Å². The highest BCUT2D eigenvalue weighted by Crippen LogP contribution is 2.08. The van der Waals surface area contributed by atoms with Gasteiger partial charge in [-0.15, -0.1) is 0 Å². The van der Waals surface area contributed by atoms with Crippen molar-refractivity contribution < 1.29 is 0 Å². The van der Waals surface area contributed by atoms with E-state index in [1.165, 1.54) is 0 Å². The van der Waals surface area contributed by atoms with Gasteiger partial charge < -0.3 is 5.32 Å². The molecule has 0 unspecified atom stereocenters. The van der Waals surface area contributed by atoms with Gasteiger partial charge >= 0.3 is 0 Å². The summed E-state index contributed by atoms with van der Waals surface area (Å²) >= 11 is 0. The fourth-order valence-electron chi connectivity index (χ4n) is 0.898.